The third kappa shape index (κ3) is 3.51. The van der Waals surface area contributed by atoms with Gasteiger partial charge in [-0.2, -0.15) is 0 Å². The van der Waals surface area contributed by atoms with Gasteiger partial charge in [-0.25, -0.2) is 0 Å². The van der Waals surface area contributed by atoms with E-state index in [0.717, 1.165) is 5.75 Å². The van der Waals surface area contributed by atoms with Crippen LogP contribution in [0, 0.1) is 6.92 Å². The van der Waals surface area contributed by atoms with E-state index in [1.165, 1.54) is 16.2 Å². The SMILES string of the molecule is Cc1ccc(OP(c2ccccc2)c2ccccc2)cc1. The van der Waals surface area contributed by atoms with Crippen LogP contribution in [0.4, 0.5) is 0 Å². The lowest BCUT2D eigenvalue weighted by Crippen LogP contribution is -2.15. The standard InChI is InChI=1S/C19H17OP/c1-16-12-14-17(15-13-16)20-21(18-8-4-2-5-9-18)19-10-6-3-7-11-19/h2-15H,1H3. The van der Waals surface area contributed by atoms with Gasteiger partial charge in [-0.3, -0.25) is 0 Å². The van der Waals surface area contributed by atoms with Crippen LogP contribution in [0.1, 0.15) is 5.56 Å². The summed E-state index contributed by atoms with van der Waals surface area (Å²) >= 11 is 0. The lowest BCUT2D eigenvalue weighted by Gasteiger charge is -2.19. The molecule has 0 saturated carbocycles. The molecule has 0 bridgehead atoms. The second kappa shape index (κ2) is 6.56. The molecule has 104 valence electrons. The van der Waals surface area contributed by atoms with Gasteiger partial charge in [0.25, 0.3) is 0 Å². The van der Waals surface area contributed by atoms with Gasteiger partial charge in [0.2, 0.25) is 0 Å². The molecule has 2 heteroatoms. The molecule has 0 atom stereocenters. The van der Waals surface area contributed by atoms with Gasteiger partial charge in [0.15, 0.2) is 8.15 Å². The summed E-state index contributed by atoms with van der Waals surface area (Å²) < 4.78 is 6.31. The molecule has 3 aromatic rings. The third-order valence-electron chi connectivity index (χ3n) is 3.20. The summed E-state index contributed by atoms with van der Waals surface area (Å²) in [6, 6.07) is 29.1. The fourth-order valence-corrected chi connectivity index (χ4v) is 3.81. The van der Waals surface area contributed by atoms with Gasteiger partial charge < -0.3 is 4.52 Å². The topological polar surface area (TPSA) is 9.23 Å². The van der Waals surface area contributed by atoms with Gasteiger partial charge in [0, 0.05) is 10.6 Å². The van der Waals surface area contributed by atoms with Crippen LogP contribution in [0.2, 0.25) is 0 Å². The Balaban J connectivity index is 1.95. The van der Waals surface area contributed by atoms with Crippen LogP contribution in [0.3, 0.4) is 0 Å². The molecule has 0 radical (unpaired) electrons. The molecular formula is C19H17OP. The van der Waals surface area contributed by atoms with Crippen molar-refractivity contribution in [3.63, 3.8) is 0 Å². The highest BCUT2D eigenvalue weighted by Crippen LogP contribution is 2.36. The minimum atomic E-state index is -0.837. The zero-order valence-electron chi connectivity index (χ0n) is 11.9. The number of hydrogen-bond acceptors (Lipinski definition) is 1. The highest BCUT2D eigenvalue weighted by Gasteiger charge is 2.16. The Hall–Kier alpha value is -2.11. The van der Waals surface area contributed by atoms with Crippen LogP contribution < -0.4 is 15.1 Å². The van der Waals surface area contributed by atoms with E-state index < -0.39 is 8.15 Å². The smallest absolute Gasteiger partial charge is 0.150 e. The first-order valence-corrected chi connectivity index (χ1v) is 8.24. The Kier molecular flexibility index (Phi) is 4.33. The predicted molar refractivity (Wildman–Crippen MR) is 90.9 cm³/mol. The monoisotopic (exact) mass is 292 g/mol. The molecule has 0 fully saturated rings. The molecule has 3 rings (SSSR count). The highest BCUT2D eigenvalue weighted by molar-refractivity contribution is 7.68. The number of aryl methyl sites for hydroxylation is 1. The molecule has 0 N–H and O–H groups in total. The Morgan fingerprint density at radius 1 is 0.619 bits per heavy atom. The van der Waals surface area contributed by atoms with Crippen molar-refractivity contribution >= 4 is 18.8 Å². The van der Waals surface area contributed by atoms with Gasteiger partial charge in [0.1, 0.15) is 5.75 Å². The van der Waals surface area contributed by atoms with E-state index in [4.69, 9.17) is 4.52 Å². The van der Waals surface area contributed by atoms with Crippen LogP contribution in [0.5, 0.6) is 5.75 Å². The van der Waals surface area contributed by atoms with Crippen molar-refractivity contribution in [1.29, 1.82) is 0 Å². The maximum atomic E-state index is 6.31. The summed E-state index contributed by atoms with van der Waals surface area (Å²) in [5.41, 5.74) is 1.24. The Labute approximate surface area is 127 Å². The maximum absolute atomic E-state index is 6.31. The van der Waals surface area contributed by atoms with E-state index in [9.17, 15) is 0 Å². The molecule has 0 saturated heterocycles. The molecule has 0 heterocycles. The van der Waals surface area contributed by atoms with Crippen molar-refractivity contribution in [2.45, 2.75) is 6.92 Å². The van der Waals surface area contributed by atoms with Crippen molar-refractivity contribution in [2.75, 3.05) is 0 Å². The average Bonchev–Trinajstić information content (AvgIpc) is 2.56. The minimum absolute atomic E-state index is 0.837. The maximum Gasteiger partial charge on any atom is 0.150 e. The fourth-order valence-electron chi connectivity index (χ4n) is 2.09. The van der Waals surface area contributed by atoms with Crippen molar-refractivity contribution in [1.82, 2.24) is 0 Å². The molecule has 0 aromatic heterocycles. The molecule has 0 aliphatic rings. The summed E-state index contributed by atoms with van der Waals surface area (Å²) in [6.45, 7) is 2.08. The summed E-state index contributed by atoms with van der Waals surface area (Å²) in [6.07, 6.45) is 0. The zero-order chi connectivity index (χ0) is 14.5. The van der Waals surface area contributed by atoms with Crippen LogP contribution in [-0.2, 0) is 0 Å². The molecule has 0 amide bonds. The molecule has 3 aromatic carbocycles. The summed E-state index contributed by atoms with van der Waals surface area (Å²) in [4.78, 5) is 0. The first kappa shape index (κ1) is 13.9. The molecule has 1 nitrogen and oxygen atoms in total. The number of rotatable bonds is 4. The Morgan fingerprint density at radius 2 is 1.10 bits per heavy atom. The number of benzene rings is 3. The third-order valence-corrected chi connectivity index (χ3v) is 5.13. The minimum Gasteiger partial charge on any atom is -0.464 e. The fraction of sp³-hybridized carbons (Fsp3) is 0.0526. The van der Waals surface area contributed by atoms with Gasteiger partial charge in [0.05, 0.1) is 0 Å². The first-order chi connectivity index (χ1) is 10.3. The van der Waals surface area contributed by atoms with Gasteiger partial charge >= 0.3 is 0 Å². The van der Waals surface area contributed by atoms with Crippen molar-refractivity contribution < 1.29 is 4.52 Å². The second-order valence-electron chi connectivity index (χ2n) is 4.87. The van der Waals surface area contributed by atoms with E-state index >= 15 is 0 Å². The van der Waals surface area contributed by atoms with E-state index in [-0.39, 0.29) is 0 Å². The van der Waals surface area contributed by atoms with E-state index in [1.807, 2.05) is 24.3 Å². The van der Waals surface area contributed by atoms with E-state index in [1.54, 1.807) is 0 Å². The average molecular weight is 292 g/mol. The normalized spacial score (nSPS) is 10.6. The Bertz CT molecular complexity index is 638. The quantitative estimate of drug-likeness (QED) is 0.647. The molecule has 0 unspecified atom stereocenters. The lowest BCUT2D eigenvalue weighted by atomic mass is 10.2. The zero-order valence-corrected chi connectivity index (χ0v) is 12.8. The lowest BCUT2D eigenvalue weighted by molar-refractivity contribution is 0.629. The second-order valence-corrected chi connectivity index (χ2v) is 6.67. The molecule has 0 spiro atoms. The largest absolute Gasteiger partial charge is 0.464 e. The van der Waals surface area contributed by atoms with Crippen LogP contribution in [0.15, 0.2) is 84.9 Å². The molecular weight excluding hydrogens is 275 g/mol. The Morgan fingerprint density at radius 3 is 1.57 bits per heavy atom. The van der Waals surface area contributed by atoms with Crippen molar-refractivity contribution in [3.05, 3.63) is 90.5 Å². The van der Waals surface area contributed by atoms with Gasteiger partial charge in [-0.05, 0) is 19.1 Å². The van der Waals surface area contributed by atoms with Crippen molar-refractivity contribution in [2.24, 2.45) is 0 Å². The van der Waals surface area contributed by atoms with Crippen LogP contribution >= 0.6 is 8.15 Å². The molecule has 0 aliphatic heterocycles. The van der Waals surface area contributed by atoms with E-state index in [2.05, 4.69) is 67.6 Å². The summed E-state index contributed by atoms with van der Waals surface area (Å²) in [5, 5.41) is 2.44. The van der Waals surface area contributed by atoms with Crippen LogP contribution in [-0.4, -0.2) is 0 Å². The molecule has 21 heavy (non-hydrogen) atoms. The van der Waals surface area contributed by atoms with Crippen LogP contribution in [0.25, 0.3) is 0 Å². The highest BCUT2D eigenvalue weighted by atomic mass is 31.1. The number of hydrogen-bond donors (Lipinski definition) is 0. The van der Waals surface area contributed by atoms with Gasteiger partial charge in [-0.15, -0.1) is 0 Å². The first-order valence-electron chi connectivity index (χ1n) is 6.98. The summed E-state index contributed by atoms with van der Waals surface area (Å²) in [5.74, 6) is 0.916. The predicted octanol–water partition coefficient (Wildman–Crippen LogP) is 4.42. The summed E-state index contributed by atoms with van der Waals surface area (Å²) in [7, 11) is -0.837. The van der Waals surface area contributed by atoms with E-state index in [0.29, 0.717) is 0 Å². The molecule has 0 aliphatic carbocycles. The van der Waals surface area contributed by atoms with Gasteiger partial charge in [-0.1, -0.05) is 78.4 Å². The van der Waals surface area contributed by atoms with Crippen molar-refractivity contribution in [3.8, 4) is 5.75 Å².